The SMILES string of the molecule is CCCCCCCOc1ccc(/C=C/C(=O)NC2CCC(OC(=O)C(C)CC)CC2)cc1. The van der Waals surface area contributed by atoms with Gasteiger partial charge in [-0.15, -0.1) is 0 Å². The number of benzene rings is 1. The summed E-state index contributed by atoms with van der Waals surface area (Å²) in [5, 5.41) is 3.07. The van der Waals surface area contributed by atoms with Crippen LogP contribution in [0.2, 0.25) is 0 Å². The van der Waals surface area contributed by atoms with Gasteiger partial charge in [0.05, 0.1) is 12.5 Å². The van der Waals surface area contributed by atoms with Gasteiger partial charge in [-0.3, -0.25) is 9.59 Å². The molecule has 0 aliphatic heterocycles. The summed E-state index contributed by atoms with van der Waals surface area (Å²) in [6.45, 7) is 6.86. The zero-order valence-electron chi connectivity index (χ0n) is 20.1. The number of amides is 1. The van der Waals surface area contributed by atoms with E-state index in [2.05, 4.69) is 12.2 Å². The van der Waals surface area contributed by atoms with Gasteiger partial charge in [0.25, 0.3) is 0 Å². The Balaban J connectivity index is 1.65. The topological polar surface area (TPSA) is 64.6 Å². The zero-order chi connectivity index (χ0) is 23.2. The number of ether oxygens (including phenoxy) is 2. The Hall–Kier alpha value is -2.30. The number of hydrogen-bond donors (Lipinski definition) is 1. The summed E-state index contributed by atoms with van der Waals surface area (Å²) in [4.78, 5) is 24.2. The van der Waals surface area contributed by atoms with Crippen LogP contribution in [0.15, 0.2) is 30.3 Å². The molecular weight excluding hydrogens is 402 g/mol. The van der Waals surface area contributed by atoms with E-state index in [9.17, 15) is 9.59 Å². The van der Waals surface area contributed by atoms with Crippen LogP contribution >= 0.6 is 0 Å². The first-order valence-corrected chi connectivity index (χ1v) is 12.4. The number of carbonyl (C=O) groups is 2. The van der Waals surface area contributed by atoms with Crippen molar-refractivity contribution in [1.82, 2.24) is 5.32 Å². The van der Waals surface area contributed by atoms with E-state index >= 15 is 0 Å². The molecule has 1 aliphatic rings. The van der Waals surface area contributed by atoms with Crippen LogP contribution in [0.4, 0.5) is 0 Å². The highest BCUT2D eigenvalue weighted by molar-refractivity contribution is 5.91. The van der Waals surface area contributed by atoms with Crippen LogP contribution in [0.25, 0.3) is 6.08 Å². The third kappa shape index (κ3) is 9.88. The molecule has 1 aromatic carbocycles. The van der Waals surface area contributed by atoms with Gasteiger partial charge in [0.2, 0.25) is 5.91 Å². The first-order chi connectivity index (χ1) is 15.5. The summed E-state index contributed by atoms with van der Waals surface area (Å²) in [6, 6.07) is 7.97. The van der Waals surface area contributed by atoms with Crippen LogP contribution in [-0.2, 0) is 14.3 Å². The molecule has 1 atom stereocenters. The van der Waals surface area contributed by atoms with E-state index in [4.69, 9.17) is 9.47 Å². The van der Waals surface area contributed by atoms with E-state index in [1.54, 1.807) is 6.08 Å². The standard InChI is InChI=1S/C27H41NO4/c1-4-6-7-8-9-20-31-24-15-10-22(11-16-24)12-19-26(29)28-23-13-17-25(18-14-23)32-27(30)21(3)5-2/h10-12,15-16,19,21,23,25H,4-9,13-14,17-18,20H2,1-3H3,(H,28,29)/b19-12+. The molecule has 0 spiro atoms. The molecule has 1 aromatic rings. The monoisotopic (exact) mass is 443 g/mol. The van der Waals surface area contributed by atoms with Gasteiger partial charge in [-0.1, -0.05) is 58.6 Å². The number of nitrogens with one attached hydrogen (secondary N) is 1. The largest absolute Gasteiger partial charge is 0.494 e. The van der Waals surface area contributed by atoms with E-state index in [0.29, 0.717) is 0 Å². The second-order valence-corrected chi connectivity index (χ2v) is 8.89. The second kappa shape index (κ2) is 14.7. The average molecular weight is 444 g/mol. The Morgan fingerprint density at radius 3 is 2.38 bits per heavy atom. The summed E-state index contributed by atoms with van der Waals surface area (Å²) >= 11 is 0. The van der Waals surface area contributed by atoms with E-state index in [1.807, 2.05) is 44.2 Å². The zero-order valence-corrected chi connectivity index (χ0v) is 20.1. The molecule has 1 aliphatic carbocycles. The Kier molecular flexibility index (Phi) is 11.9. The Morgan fingerprint density at radius 1 is 1.03 bits per heavy atom. The maximum atomic E-state index is 12.3. The highest BCUT2D eigenvalue weighted by atomic mass is 16.5. The van der Waals surface area contributed by atoms with Gasteiger partial charge in [0.1, 0.15) is 11.9 Å². The second-order valence-electron chi connectivity index (χ2n) is 8.89. The summed E-state index contributed by atoms with van der Waals surface area (Å²) in [7, 11) is 0. The fourth-order valence-electron chi connectivity index (χ4n) is 3.76. The molecule has 1 fully saturated rings. The van der Waals surface area contributed by atoms with Crippen molar-refractivity contribution in [3.63, 3.8) is 0 Å². The van der Waals surface area contributed by atoms with E-state index < -0.39 is 0 Å². The molecule has 1 amide bonds. The van der Waals surface area contributed by atoms with Gasteiger partial charge in [-0.2, -0.15) is 0 Å². The number of unbranched alkanes of at least 4 members (excludes halogenated alkanes) is 4. The number of carbonyl (C=O) groups excluding carboxylic acids is 2. The molecule has 1 unspecified atom stereocenters. The molecule has 32 heavy (non-hydrogen) atoms. The molecule has 5 nitrogen and oxygen atoms in total. The average Bonchev–Trinajstić information content (AvgIpc) is 2.81. The molecular formula is C27H41NO4. The Labute approximate surface area is 193 Å². The molecule has 5 heteroatoms. The maximum Gasteiger partial charge on any atom is 0.308 e. The van der Waals surface area contributed by atoms with Crippen molar-refractivity contribution in [2.24, 2.45) is 5.92 Å². The van der Waals surface area contributed by atoms with Crippen molar-refractivity contribution in [2.75, 3.05) is 6.61 Å². The molecule has 1 saturated carbocycles. The van der Waals surface area contributed by atoms with Gasteiger partial charge in [-0.25, -0.2) is 0 Å². The maximum absolute atomic E-state index is 12.3. The number of rotatable bonds is 13. The predicted molar refractivity (Wildman–Crippen MR) is 129 cm³/mol. The lowest BCUT2D eigenvalue weighted by Gasteiger charge is -2.29. The summed E-state index contributed by atoms with van der Waals surface area (Å²) in [5.41, 5.74) is 0.969. The Bertz CT molecular complexity index is 705. The minimum atomic E-state index is -0.105. The van der Waals surface area contributed by atoms with Crippen molar-refractivity contribution in [1.29, 1.82) is 0 Å². The quantitative estimate of drug-likeness (QED) is 0.228. The summed E-state index contributed by atoms with van der Waals surface area (Å²) in [6.07, 6.45) is 13.6. The van der Waals surface area contributed by atoms with Crippen LogP contribution in [-0.4, -0.2) is 30.6 Å². The molecule has 0 bridgehead atoms. The molecule has 178 valence electrons. The minimum absolute atomic E-state index is 0.0164. The summed E-state index contributed by atoms with van der Waals surface area (Å²) in [5.74, 6) is 0.630. The molecule has 2 rings (SSSR count). The highest BCUT2D eigenvalue weighted by Crippen LogP contribution is 2.23. The van der Waals surface area contributed by atoms with Crippen LogP contribution in [0.1, 0.15) is 90.5 Å². The first-order valence-electron chi connectivity index (χ1n) is 12.4. The molecule has 0 radical (unpaired) electrons. The molecule has 0 heterocycles. The van der Waals surface area contributed by atoms with Gasteiger partial charge in [0, 0.05) is 12.1 Å². The third-order valence-corrected chi connectivity index (χ3v) is 6.14. The fraction of sp³-hybridized carbons (Fsp3) is 0.630. The van der Waals surface area contributed by atoms with Crippen LogP contribution in [0.5, 0.6) is 5.75 Å². The lowest BCUT2D eigenvalue weighted by molar-refractivity contribution is -0.155. The number of esters is 1. The van der Waals surface area contributed by atoms with Crippen molar-refractivity contribution in [3.05, 3.63) is 35.9 Å². The van der Waals surface area contributed by atoms with Gasteiger partial charge >= 0.3 is 5.97 Å². The van der Waals surface area contributed by atoms with Crippen molar-refractivity contribution in [2.45, 2.75) is 97.1 Å². The minimum Gasteiger partial charge on any atom is -0.494 e. The van der Waals surface area contributed by atoms with Crippen molar-refractivity contribution < 1.29 is 19.1 Å². The van der Waals surface area contributed by atoms with E-state index in [0.717, 1.165) is 56.4 Å². The van der Waals surface area contributed by atoms with Gasteiger partial charge < -0.3 is 14.8 Å². The molecule has 0 aromatic heterocycles. The fourth-order valence-corrected chi connectivity index (χ4v) is 3.76. The van der Waals surface area contributed by atoms with Crippen molar-refractivity contribution >= 4 is 18.0 Å². The van der Waals surface area contributed by atoms with Gasteiger partial charge in [-0.05, 0) is 62.3 Å². The van der Waals surface area contributed by atoms with E-state index in [-0.39, 0.29) is 29.9 Å². The Morgan fingerprint density at radius 2 is 1.72 bits per heavy atom. The van der Waals surface area contributed by atoms with Gasteiger partial charge in [0.15, 0.2) is 0 Å². The van der Waals surface area contributed by atoms with Crippen LogP contribution < -0.4 is 10.1 Å². The highest BCUT2D eigenvalue weighted by Gasteiger charge is 2.25. The van der Waals surface area contributed by atoms with Crippen LogP contribution in [0.3, 0.4) is 0 Å². The lowest BCUT2D eigenvalue weighted by atomic mass is 9.92. The molecule has 1 N–H and O–H groups in total. The van der Waals surface area contributed by atoms with Crippen molar-refractivity contribution in [3.8, 4) is 5.75 Å². The summed E-state index contributed by atoms with van der Waals surface area (Å²) < 4.78 is 11.4. The predicted octanol–water partition coefficient (Wildman–Crippen LogP) is 6.07. The normalized spacial score (nSPS) is 19.5. The first kappa shape index (κ1) is 26.0. The van der Waals surface area contributed by atoms with Crippen LogP contribution in [0, 0.1) is 5.92 Å². The smallest absolute Gasteiger partial charge is 0.308 e. The number of hydrogen-bond acceptors (Lipinski definition) is 4. The third-order valence-electron chi connectivity index (χ3n) is 6.14. The molecule has 0 saturated heterocycles. The van der Waals surface area contributed by atoms with E-state index in [1.165, 1.54) is 25.7 Å². The lowest BCUT2D eigenvalue weighted by Crippen LogP contribution is -2.39.